The fourth-order valence-electron chi connectivity index (χ4n) is 3.54. The van der Waals surface area contributed by atoms with Crippen LogP contribution in [0.1, 0.15) is 58.3 Å². The lowest BCUT2D eigenvalue weighted by atomic mass is 9.79. The summed E-state index contributed by atoms with van der Waals surface area (Å²) in [6.07, 6.45) is 9.18. The molecule has 2 rings (SSSR count). The third-order valence-corrected chi connectivity index (χ3v) is 4.69. The Hall–Kier alpha value is -0.570. The van der Waals surface area contributed by atoms with E-state index in [0.717, 1.165) is 32.1 Å². The van der Waals surface area contributed by atoms with Crippen molar-refractivity contribution in [1.82, 2.24) is 0 Å². The normalized spacial score (nSPS) is 37.2. The minimum absolute atomic E-state index is 0.0317. The molecule has 2 N–H and O–H groups in total. The van der Waals surface area contributed by atoms with E-state index in [1.54, 1.807) is 0 Å². The number of esters is 1. The van der Waals surface area contributed by atoms with Crippen LogP contribution in [0.2, 0.25) is 0 Å². The Morgan fingerprint density at radius 1 is 1.17 bits per heavy atom. The van der Waals surface area contributed by atoms with Crippen molar-refractivity contribution < 1.29 is 9.53 Å². The molecule has 0 saturated heterocycles. The summed E-state index contributed by atoms with van der Waals surface area (Å²) >= 11 is 0. The summed E-state index contributed by atoms with van der Waals surface area (Å²) in [7, 11) is 0. The molecule has 0 amide bonds. The van der Waals surface area contributed by atoms with E-state index in [-0.39, 0.29) is 18.0 Å². The van der Waals surface area contributed by atoms with Crippen LogP contribution in [0.5, 0.6) is 0 Å². The van der Waals surface area contributed by atoms with Crippen LogP contribution in [0, 0.1) is 17.8 Å². The zero-order valence-electron chi connectivity index (χ0n) is 11.6. The van der Waals surface area contributed by atoms with Gasteiger partial charge in [-0.05, 0) is 50.5 Å². The number of ether oxygens (including phenoxy) is 1. The molecule has 3 heteroatoms. The third-order valence-electron chi connectivity index (χ3n) is 4.69. The molecule has 0 aromatic heterocycles. The molecule has 0 aliphatic heterocycles. The molecule has 2 aliphatic rings. The van der Waals surface area contributed by atoms with Crippen LogP contribution in [-0.2, 0) is 9.53 Å². The quantitative estimate of drug-likeness (QED) is 0.787. The van der Waals surface area contributed by atoms with Gasteiger partial charge in [0.25, 0.3) is 0 Å². The fraction of sp³-hybridized carbons (Fsp3) is 0.933. The Morgan fingerprint density at radius 2 is 1.94 bits per heavy atom. The maximum Gasteiger partial charge on any atom is 0.309 e. The van der Waals surface area contributed by atoms with Crippen LogP contribution >= 0.6 is 0 Å². The van der Waals surface area contributed by atoms with Gasteiger partial charge in [-0.25, -0.2) is 0 Å². The number of carbonyl (C=O) groups is 1. The molecular weight excluding hydrogens is 226 g/mol. The Kier molecular flexibility index (Phi) is 5.04. The monoisotopic (exact) mass is 253 g/mol. The average Bonchev–Trinajstić information content (AvgIpc) is 2.38. The number of hydrogen-bond donors (Lipinski definition) is 1. The smallest absolute Gasteiger partial charge is 0.309 e. The van der Waals surface area contributed by atoms with Crippen LogP contribution in [-0.4, -0.2) is 18.6 Å². The van der Waals surface area contributed by atoms with Crippen molar-refractivity contribution in [2.75, 3.05) is 6.54 Å². The lowest BCUT2D eigenvalue weighted by molar-refractivity contribution is -0.159. The predicted octanol–water partition coefficient (Wildman–Crippen LogP) is 2.87. The van der Waals surface area contributed by atoms with Gasteiger partial charge in [-0.15, -0.1) is 0 Å². The highest BCUT2D eigenvalue weighted by Crippen LogP contribution is 2.32. The molecule has 18 heavy (non-hydrogen) atoms. The molecule has 104 valence electrons. The van der Waals surface area contributed by atoms with Gasteiger partial charge in [0.1, 0.15) is 6.10 Å². The lowest BCUT2D eigenvalue weighted by Gasteiger charge is -2.32. The summed E-state index contributed by atoms with van der Waals surface area (Å²) < 4.78 is 5.74. The fourth-order valence-corrected chi connectivity index (χ4v) is 3.54. The summed E-state index contributed by atoms with van der Waals surface area (Å²) in [6, 6.07) is 0. The van der Waals surface area contributed by atoms with E-state index in [1.165, 1.54) is 19.3 Å². The van der Waals surface area contributed by atoms with Crippen molar-refractivity contribution in [3.8, 4) is 0 Å². The summed E-state index contributed by atoms with van der Waals surface area (Å²) in [6.45, 7) is 2.88. The van der Waals surface area contributed by atoms with Crippen molar-refractivity contribution in [3.05, 3.63) is 0 Å². The zero-order chi connectivity index (χ0) is 13.0. The molecule has 4 atom stereocenters. The molecule has 0 bridgehead atoms. The van der Waals surface area contributed by atoms with Crippen LogP contribution in [0.25, 0.3) is 0 Å². The van der Waals surface area contributed by atoms with E-state index in [2.05, 4.69) is 6.92 Å². The molecule has 3 nitrogen and oxygen atoms in total. The molecule has 0 heterocycles. The van der Waals surface area contributed by atoms with E-state index < -0.39 is 0 Å². The van der Waals surface area contributed by atoms with Gasteiger partial charge < -0.3 is 10.5 Å². The van der Waals surface area contributed by atoms with Gasteiger partial charge in [-0.2, -0.15) is 0 Å². The van der Waals surface area contributed by atoms with Crippen LogP contribution in [0.4, 0.5) is 0 Å². The largest absolute Gasteiger partial charge is 0.462 e. The first kappa shape index (κ1) is 13.9. The summed E-state index contributed by atoms with van der Waals surface area (Å²) in [5.41, 5.74) is 5.78. The molecule has 0 radical (unpaired) electrons. The van der Waals surface area contributed by atoms with Crippen molar-refractivity contribution >= 4 is 5.97 Å². The van der Waals surface area contributed by atoms with E-state index in [9.17, 15) is 4.79 Å². The molecule has 4 unspecified atom stereocenters. The number of carbonyl (C=O) groups excluding carboxylic acids is 1. The van der Waals surface area contributed by atoms with Gasteiger partial charge in [-0.1, -0.05) is 26.2 Å². The Bertz CT molecular complexity index is 280. The van der Waals surface area contributed by atoms with Crippen molar-refractivity contribution in [3.63, 3.8) is 0 Å². The standard InChI is InChI=1S/C15H27NO2/c1-11-5-4-7-13(9-11)18-15(17)14-8-3-2-6-12(14)10-16/h11-14H,2-10,16H2,1H3. The highest BCUT2D eigenvalue weighted by molar-refractivity contribution is 5.73. The minimum Gasteiger partial charge on any atom is -0.462 e. The van der Waals surface area contributed by atoms with Gasteiger partial charge >= 0.3 is 5.97 Å². The molecule has 0 aromatic carbocycles. The van der Waals surface area contributed by atoms with E-state index in [1.807, 2.05) is 0 Å². The zero-order valence-corrected chi connectivity index (χ0v) is 11.6. The highest BCUT2D eigenvalue weighted by atomic mass is 16.5. The van der Waals surface area contributed by atoms with E-state index in [4.69, 9.17) is 10.5 Å². The van der Waals surface area contributed by atoms with Gasteiger partial charge in [0.15, 0.2) is 0 Å². The second-order valence-electron chi connectivity index (χ2n) is 6.22. The highest BCUT2D eigenvalue weighted by Gasteiger charge is 2.33. The third kappa shape index (κ3) is 3.47. The summed E-state index contributed by atoms with van der Waals surface area (Å²) in [4.78, 5) is 12.3. The van der Waals surface area contributed by atoms with Gasteiger partial charge in [0.05, 0.1) is 5.92 Å². The minimum atomic E-state index is 0.0317. The van der Waals surface area contributed by atoms with Crippen molar-refractivity contribution in [1.29, 1.82) is 0 Å². The Morgan fingerprint density at radius 3 is 2.67 bits per heavy atom. The van der Waals surface area contributed by atoms with Gasteiger partial charge in [0.2, 0.25) is 0 Å². The average molecular weight is 253 g/mol. The second-order valence-corrected chi connectivity index (χ2v) is 6.22. The van der Waals surface area contributed by atoms with E-state index >= 15 is 0 Å². The first-order valence-corrected chi connectivity index (χ1v) is 7.61. The first-order valence-electron chi connectivity index (χ1n) is 7.61. The predicted molar refractivity (Wildman–Crippen MR) is 72.0 cm³/mol. The van der Waals surface area contributed by atoms with Crippen molar-refractivity contribution in [2.24, 2.45) is 23.5 Å². The van der Waals surface area contributed by atoms with Crippen LogP contribution in [0.3, 0.4) is 0 Å². The number of hydrogen-bond acceptors (Lipinski definition) is 3. The lowest BCUT2D eigenvalue weighted by Crippen LogP contribution is -2.36. The molecule has 2 saturated carbocycles. The Balaban J connectivity index is 1.85. The number of rotatable bonds is 3. The SMILES string of the molecule is CC1CCCC(OC(=O)C2CCCCC2CN)C1. The molecule has 2 fully saturated rings. The second kappa shape index (κ2) is 6.55. The maximum absolute atomic E-state index is 12.3. The molecule has 0 spiro atoms. The van der Waals surface area contributed by atoms with Crippen LogP contribution in [0.15, 0.2) is 0 Å². The van der Waals surface area contributed by atoms with Crippen LogP contribution < -0.4 is 5.73 Å². The molecule has 0 aromatic rings. The first-order chi connectivity index (χ1) is 8.70. The topological polar surface area (TPSA) is 52.3 Å². The van der Waals surface area contributed by atoms with Crippen molar-refractivity contribution in [2.45, 2.75) is 64.4 Å². The summed E-state index contributed by atoms with van der Waals surface area (Å²) in [5, 5.41) is 0. The number of nitrogens with two attached hydrogens (primary N) is 1. The van der Waals surface area contributed by atoms with Gasteiger partial charge in [0, 0.05) is 0 Å². The molecule has 2 aliphatic carbocycles. The maximum atomic E-state index is 12.3. The van der Waals surface area contributed by atoms with Gasteiger partial charge in [-0.3, -0.25) is 4.79 Å². The molecular formula is C15H27NO2. The summed E-state index contributed by atoms with van der Waals surface area (Å²) in [5.74, 6) is 1.16. The van der Waals surface area contributed by atoms with E-state index in [0.29, 0.717) is 18.4 Å². The Labute approximate surface area is 110 Å².